The van der Waals surface area contributed by atoms with Crippen molar-refractivity contribution in [1.29, 1.82) is 0 Å². The molecule has 94 valence electrons. The Bertz CT molecular complexity index is 793. The van der Waals surface area contributed by atoms with Crippen LogP contribution in [0.3, 0.4) is 0 Å². The third-order valence-electron chi connectivity index (χ3n) is 3.46. The summed E-state index contributed by atoms with van der Waals surface area (Å²) in [5.41, 5.74) is 8.93. The van der Waals surface area contributed by atoms with Crippen molar-refractivity contribution in [3.05, 3.63) is 36.5 Å². The van der Waals surface area contributed by atoms with Crippen molar-refractivity contribution in [2.45, 2.75) is 13.0 Å². The number of hydrogen-bond acceptors (Lipinski definition) is 3. The van der Waals surface area contributed by atoms with Crippen LogP contribution in [-0.4, -0.2) is 20.6 Å². The van der Waals surface area contributed by atoms with Crippen LogP contribution in [-0.2, 0) is 6.54 Å². The summed E-state index contributed by atoms with van der Waals surface area (Å²) in [5.74, 6) is 1.52. The molecule has 0 amide bonds. The van der Waals surface area contributed by atoms with E-state index in [2.05, 4.69) is 27.2 Å². The van der Waals surface area contributed by atoms with Crippen LogP contribution in [0.25, 0.3) is 22.2 Å². The highest BCUT2D eigenvalue weighted by Crippen LogP contribution is 2.31. The van der Waals surface area contributed by atoms with Gasteiger partial charge in [-0.1, -0.05) is 18.2 Å². The van der Waals surface area contributed by atoms with Crippen LogP contribution in [0.5, 0.6) is 0 Å². The van der Waals surface area contributed by atoms with Crippen LogP contribution in [0.15, 0.2) is 41.5 Å². The predicted molar refractivity (Wildman–Crippen MR) is 75.4 cm³/mol. The highest BCUT2D eigenvalue weighted by molar-refractivity contribution is 5.95. The molecule has 0 bridgehead atoms. The summed E-state index contributed by atoms with van der Waals surface area (Å²) in [6.07, 6.45) is 2.76. The molecule has 0 spiro atoms. The van der Waals surface area contributed by atoms with Crippen LogP contribution >= 0.6 is 0 Å². The fourth-order valence-electron chi connectivity index (χ4n) is 2.50. The number of para-hydroxylation sites is 1. The molecule has 0 fully saturated rings. The lowest BCUT2D eigenvalue weighted by atomic mass is 10.1. The van der Waals surface area contributed by atoms with Gasteiger partial charge in [0.05, 0.1) is 12.2 Å². The van der Waals surface area contributed by atoms with Gasteiger partial charge in [-0.2, -0.15) is 5.10 Å². The standard InChI is InChI=1S/C14H13N5/c15-13-5-6-19-14(17-13)7-12(18-19)10-8-16-11-4-2-1-3-9(10)11/h1-4,7-8,16H,5-6H2,(H2,15,17). The molecule has 0 unspecified atom stereocenters. The number of rotatable bonds is 1. The molecular weight excluding hydrogens is 238 g/mol. The first-order chi connectivity index (χ1) is 9.31. The molecule has 3 N–H and O–H groups in total. The van der Waals surface area contributed by atoms with Crippen LogP contribution in [0.4, 0.5) is 5.82 Å². The van der Waals surface area contributed by atoms with Crippen LogP contribution in [0.2, 0.25) is 0 Å². The van der Waals surface area contributed by atoms with E-state index in [9.17, 15) is 0 Å². The fourth-order valence-corrected chi connectivity index (χ4v) is 2.50. The van der Waals surface area contributed by atoms with Gasteiger partial charge in [0.25, 0.3) is 0 Å². The summed E-state index contributed by atoms with van der Waals surface area (Å²) in [5, 5.41) is 5.79. The van der Waals surface area contributed by atoms with E-state index in [4.69, 9.17) is 5.73 Å². The molecule has 5 heteroatoms. The lowest BCUT2D eigenvalue weighted by Gasteiger charge is -2.09. The first-order valence-corrected chi connectivity index (χ1v) is 6.28. The molecule has 0 aliphatic carbocycles. The number of aromatic nitrogens is 3. The van der Waals surface area contributed by atoms with Crippen molar-refractivity contribution < 1.29 is 0 Å². The maximum atomic E-state index is 5.77. The summed E-state index contributed by atoms with van der Waals surface area (Å²) >= 11 is 0. The molecule has 0 saturated heterocycles. The number of benzene rings is 1. The first kappa shape index (κ1) is 10.4. The number of hydrogen-bond donors (Lipinski definition) is 2. The Morgan fingerprint density at radius 3 is 3.11 bits per heavy atom. The molecular formula is C14H13N5. The number of aromatic amines is 1. The molecule has 1 aliphatic heterocycles. The Hall–Kier alpha value is -2.56. The summed E-state index contributed by atoms with van der Waals surface area (Å²) in [7, 11) is 0. The Kier molecular flexibility index (Phi) is 2.03. The van der Waals surface area contributed by atoms with Gasteiger partial charge >= 0.3 is 0 Å². The largest absolute Gasteiger partial charge is 0.387 e. The number of nitrogens with one attached hydrogen (secondary N) is 1. The fraction of sp³-hybridized carbons (Fsp3) is 0.143. The van der Waals surface area contributed by atoms with Crippen molar-refractivity contribution in [2.24, 2.45) is 10.7 Å². The number of fused-ring (bicyclic) bond motifs is 2. The second kappa shape index (κ2) is 3.71. The average Bonchev–Trinajstić information content (AvgIpc) is 3.00. The predicted octanol–water partition coefficient (Wildman–Crippen LogP) is 2.42. The molecule has 0 atom stereocenters. The second-order valence-corrected chi connectivity index (χ2v) is 4.71. The maximum Gasteiger partial charge on any atom is 0.153 e. The first-order valence-electron chi connectivity index (χ1n) is 6.28. The van der Waals surface area contributed by atoms with E-state index in [1.807, 2.05) is 29.1 Å². The van der Waals surface area contributed by atoms with E-state index < -0.39 is 0 Å². The summed E-state index contributed by atoms with van der Waals surface area (Å²) in [6.45, 7) is 0.799. The highest BCUT2D eigenvalue weighted by atomic mass is 15.3. The van der Waals surface area contributed by atoms with Gasteiger partial charge in [0.1, 0.15) is 5.84 Å². The maximum absolute atomic E-state index is 5.77. The topological polar surface area (TPSA) is 72.0 Å². The molecule has 1 aliphatic rings. The lowest BCUT2D eigenvalue weighted by Crippen LogP contribution is -2.19. The van der Waals surface area contributed by atoms with E-state index in [0.717, 1.165) is 35.6 Å². The van der Waals surface area contributed by atoms with Crippen molar-refractivity contribution in [1.82, 2.24) is 14.8 Å². The highest BCUT2D eigenvalue weighted by Gasteiger charge is 2.15. The summed E-state index contributed by atoms with van der Waals surface area (Å²) in [4.78, 5) is 7.61. The second-order valence-electron chi connectivity index (χ2n) is 4.71. The van der Waals surface area contributed by atoms with Crippen LogP contribution in [0.1, 0.15) is 6.42 Å². The Balaban J connectivity index is 1.89. The van der Waals surface area contributed by atoms with Crippen molar-refractivity contribution in [2.75, 3.05) is 0 Å². The molecule has 4 rings (SSSR count). The SMILES string of the molecule is NC1=Nc2cc(-c3c[nH]c4ccccc34)nn2CC1. The molecule has 3 aromatic rings. The smallest absolute Gasteiger partial charge is 0.153 e. The normalized spacial score (nSPS) is 14.4. The number of aryl methyl sites for hydroxylation is 1. The van der Waals surface area contributed by atoms with E-state index in [-0.39, 0.29) is 0 Å². The van der Waals surface area contributed by atoms with Gasteiger partial charge in [-0.15, -0.1) is 0 Å². The van der Waals surface area contributed by atoms with E-state index in [0.29, 0.717) is 5.84 Å². The molecule has 3 heterocycles. The minimum absolute atomic E-state index is 0.679. The minimum Gasteiger partial charge on any atom is -0.387 e. The monoisotopic (exact) mass is 251 g/mol. The molecule has 1 aromatic carbocycles. The molecule has 2 aromatic heterocycles. The minimum atomic E-state index is 0.679. The van der Waals surface area contributed by atoms with Gasteiger partial charge in [-0.05, 0) is 6.07 Å². The Labute approximate surface area is 109 Å². The zero-order chi connectivity index (χ0) is 12.8. The molecule has 0 radical (unpaired) electrons. The van der Waals surface area contributed by atoms with Crippen molar-refractivity contribution in [3.63, 3.8) is 0 Å². The van der Waals surface area contributed by atoms with E-state index in [1.165, 1.54) is 5.39 Å². The van der Waals surface area contributed by atoms with E-state index >= 15 is 0 Å². The lowest BCUT2D eigenvalue weighted by molar-refractivity contribution is 0.625. The van der Waals surface area contributed by atoms with Crippen molar-refractivity contribution in [3.8, 4) is 11.3 Å². The Morgan fingerprint density at radius 2 is 2.16 bits per heavy atom. The van der Waals surface area contributed by atoms with Crippen LogP contribution < -0.4 is 5.73 Å². The number of amidine groups is 1. The molecule has 0 saturated carbocycles. The average molecular weight is 251 g/mol. The van der Waals surface area contributed by atoms with Gasteiger partial charge in [0.2, 0.25) is 0 Å². The quantitative estimate of drug-likeness (QED) is 0.697. The van der Waals surface area contributed by atoms with Gasteiger partial charge < -0.3 is 10.7 Å². The number of nitrogens with zero attached hydrogens (tertiary/aromatic N) is 3. The summed E-state index contributed by atoms with van der Waals surface area (Å²) < 4.78 is 1.91. The van der Waals surface area contributed by atoms with Crippen molar-refractivity contribution >= 4 is 22.6 Å². The van der Waals surface area contributed by atoms with Gasteiger partial charge in [-0.3, -0.25) is 0 Å². The number of aliphatic imine (C=N–C) groups is 1. The third-order valence-corrected chi connectivity index (χ3v) is 3.46. The number of nitrogens with two attached hydrogens (primary N) is 1. The Morgan fingerprint density at radius 1 is 1.26 bits per heavy atom. The van der Waals surface area contributed by atoms with Gasteiger partial charge in [0, 0.05) is 35.2 Å². The molecule has 19 heavy (non-hydrogen) atoms. The zero-order valence-electron chi connectivity index (χ0n) is 10.3. The summed E-state index contributed by atoms with van der Waals surface area (Å²) in [6, 6.07) is 10.2. The van der Waals surface area contributed by atoms with Gasteiger partial charge in [0.15, 0.2) is 5.82 Å². The third kappa shape index (κ3) is 1.55. The molecule has 5 nitrogen and oxygen atoms in total. The number of H-pyrrole nitrogens is 1. The van der Waals surface area contributed by atoms with E-state index in [1.54, 1.807) is 0 Å². The zero-order valence-corrected chi connectivity index (χ0v) is 10.3. The van der Waals surface area contributed by atoms with Crippen LogP contribution in [0, 0.1) is 0 Å². The van der Waals surface area contributed by atoms with Gasteiger partial charge in [-0.25, -0.2) is 9.67 Å².